The van der Waals surface area contributed by atoms with E-state index >= 15 is 0 Å². The van der Waals surface area contributed by atoms with Crippen molar-refractivity contribution in [2.24, 2.45) is 5.73 Å². The monoisotopic (exact) mass is 305 g/mol. The summed E-state index contributed by atoms with van der Waals surface area (Å²) in [6, 6.07) is 1.39. The largest absolute Gasteiger partial charge is 0.480 e. The van der Waals surface area contributed by atoms with Crippen molar-refractivity contribution in [3.8, 4) is 0 Å². The van der Waals surface area contributed by atoms with Crippen LogP contribution < -0.4 is 16.4 Å². The SMILES string of the molecule is NC(=O)C[C@H](NC(=O)NCc1ccc(Cl)s1)C(=O)O. The fourth-order valence-electron chi connectivity index (χ4n) is 1.22. The number of nitrogens with two attached hydrogens (primary N) is 1. The normalized spacial score (nSPS) is 11.6. The molecule has 19 heavy (non-hydrogen) atoms. The van der Waals surface area contributed by atoms with E-state index in [9.17, 15) is 14.4 Å². The Bertz CT molecular complexity index is 491. The number of carbonyl (C=O) groups excluding carboxylic acids is 2. The minimum absolute atomic E-state index is 0.214. The molecule has 0 aliphatic rings. The number of aliphatic carboxylic acids is 1. The highest BCUT2D eigenvalue weighted by Gasteiger charge is 2.21. The smallest absolute Gasteiger partial charge is 0.326 e. The predicted octanol–water partition coefficient (Wildman–Crippen LogP) is 0.529. The van der Waals surface area contributed by atoms with Gasteiger partial charge in [0.15, 0.2) is 0 Å². The van der Waals surface area contributed by atoms with Gasteiger partial charge in [0.2, 0.25) is 5.91 Å². The van der Waals surface area contributed by atoms with Crippen LogP contribution in [0, 0.1) is 0 Å². The van der Waals surface area contributed by atoms with Crippen molar-refractivity contribution in [2.45, 2.75) is 19.0 Å². The Kier molecular flexibility index (Phi) is 5.58. The average molecular weight is 306 g/mol. The second kappa shape index (κ2) is 6.95. The van der Waals surface area contributed by atoms with Crippen LogP contribution in [-0.2, 0) is 16.1 Å². The van der Waals surface area contributed by atoms with Crippen LogP contribution in [0.1, 0.15) is 11.3 Å². The highest BCUT2D eigenvalue weighted by Crippen LogP contribution is 2.20. The molecule has 0 fully saturated rings. The second-order valence-electron chi connectivity index (χ2n) is 3.59. The van der Waals surface area contributed by atoms with Crippen LogP contribution in [0.2, 0.25) is 4.34 Å². The van der Waals surface area contributed by atoms with Crippen molar-refractivity contribution >= 4 is 40.8 Å². The molecule has 104 valence electrons. The van der Waals surface area contributed by atoms with E-state index in [4.69, 9.17) is 22.4 Å². The Hall–Kier alpha value is -1.80. The molecule has 5 N–H and O–H groups in total. The number of urea groups is 1. The highest BCUT2D eigenvalue weighted by atomic mass is 35.5. The van der Waals surface area contributed by atoms with Crippen molar-refractivity contribution in [2.75, 3.05) is 0 Å². The summed E-state index contributed by atoms with van der Waals surface area (Å²) >= 11 is 7.02. The average Bonchev–Trinajstić information content (AvgIpc) is 2.71. The third-order valence-electron chi connectivity index (χ3n) is 2.06. The van der Waals surface area contributed by atoms with Crippen molar-refractivity contribution in [1.82, 2.24) is 10.6 Å². The van der Waals surface area contributed by atoms with Crippen LogP contribution >= 0.6 is 22.9 Å². The number of primary amides is 1. The quantitative estimate of drug-likeness (QED) is 0.612. The van der Waals surface area contributed by atoms with Crippen molar-refractivity contribution in [3.63, 3.8) is 0 Å². The fraction of sp³-hybridized carbons (Fsp3) is 0.300. The molecule has 0 saturated heterocycles. The van der Waals surface area contributed by atoms with Gasteiger partial charge in [-0.25, -0.2) is 9.59 Å². The number of carboxylic acid groups (broad SMARTS) is 1. The maximum atomic E-state index is 11.5. The zero-order chi connectivity index (χ0) is 14.4. The van der Waals surface area contributed by atoms with Crippen molar-refractivity contribution in [1.29, 1.82) is 0 Å². The molecule has 0 radical (unpaired) electrons. The summed E-state index contributed by atoms with van der Waals surface area (Å²) in [4.78, 5) is 33.7. The summed E-state index contributed by atoms with van der Waals surface area (Å²) in [6.07, 6.45) is -0.465. The lowest BCUT2D eigenvalue weighted by Gasteiger charge is -2.13. The molecule has 7 nitrogen and oxygen atoms in total. The lowest BCUT2D eigenvalue weighted by atomic mass is 10.2. The van der Waals surface area contributed by atoms with E-state index in [1.807, 2.05) is 0 Å². The highest BCUT2D eigenvalue weighted by molar-refractivity contribution is 7.16. The van der Waals surface area contributed by atoms with Crippen LogP contribution in [0.5, 0.6) is 0 Å². The molecule has 1 heterocycles. The summed E-state index contributed by atoms with van der Waals surface area (Å²) in [7, 11) is 0. The number of rotatable bonds is 6. The molecule has 1 rings (SSSR count). The van der Waals surface area contributed by atoms with Crippen molar-refractivity contribution in [3.05, 3.63) is 21.3 Å². The van der Waals surface area contributed by atoms with Gasteiger partial charge in [-0.1, -0.05) is 11.6 Å². The van der Waals surface area contributed by atoms with E-state index in [2.05, 4.69) is 10.6 Å². The Labute approximate surface area is 117 Å². The fourth-order valence-corrected chi connectivity index (χ4v) is 2.25. The molecule has 0 unspecified atom stereocenters. The number of halogens is 1. The van der Waals surface area contributed by atoms with Gasteiger partial charge in [0.05, 0.1) is 17.3 Å². The number of amides is 3. The molecule has 0 aliphatic heterocycles. The van der Waals surface area contributed by atoms with Crippen molar-refractivity contribution < 1.29 is 19.5 Å². The number of thiophene rings is 1. The van der Waals surface area contributed by atoms with E-state index in [0.717, 1.165) is 4.88 Å². The number of hydrogen-bond donors (Lipinski definition) is 4. The van der Waals surface area contributed by atoms with Gasteiger partial charge in [-0.15, -0.1) is 11.3 Å². The first-order chi connectivity index (χ1) is 8.88. The van der Waals surface area contributed by atoms with Gasteiger partial charge < -0.3 is 21.5 Å². The molecular weight excluding hydrogens is 294 g/mol. The third kappa shape index (κ3) is 5.58. The summed E-state index contributed by atoms with van der Waals surface area (Å²) in [6.45, 7) is 0.214. The molecule has 0 saturated carbocycles. The number of carbonyl (C=O) groups is 3. The van der Waals surface area contributed by atoms with E-state index in [-0.39, 0.29) is 6.54 Å². The Morgan fingerprint density at radius 1 is 1.42 bits per heavy atom. The van der Waals surface area contributed by atoms with E-state index in [0.29, 0.717) is 4.34 Å². The molecule has 3 amide bonds. The Balaban J connectivity index is 2.44. The summed E-state index contributed by atoms with van der Waals surface area (Å²) < 4.78 is 0.592. The summed E-state index contributed by atoms with van der Waals surface area (Å²) in [5, 5.41) is 13.4. The lowest BCUT2D eigenvalue weighted by molar-refractivity contribution is -0.140. The molecule has 1 aromatic rings. The molecule has 0 aromatic carbocycles. The van der Waals surface area contributed by atoms with Gasteiger partial charge in [0.1, 0.15) is 6.04 Å². The maximum Gasteiger partial charge on any atom is 0.326 e. The van der Waals surface area contributed by atoms with Crippen LogP contribution in [0.4, 0.5) is 4.79 Å². The van der Waals surface area contributed by atoms with E-state index in [1.54, 1.807) is 12.1 Å². The minimum Gasteiger partial charge on any atom is -0.480 e. The van der Waals surface area contributed by atoms with Crippen LogP contribution in [0.25, 0.3) is 0 Å². The van der Waals surface area contributed by atoms with Gasteiger partial charge in [-0.2, -0.15) is 0 Å². The first kappa shape index (κ1) is 15.3. The van der Waals surface area contributed by atoms with Gasteiger partial charge in [0.25, 0.3) is 0 Å². The lowest BCUT2D eigenvalue weighted by Crippen LogP contribution is -2.47. The third-order valence-corrected chi connectivity index (χ3v) is 3.29. The van der Waals surface area contributed by atoms with Gasteiger partial charge in [-0.3, -0.25) is 4.79 Å². The predicted molar refractivity (Wildman–Crippen MR) is 69.9 cm³/mol. The van der Waals surface area contributed by atoms with Gasteiger partial charge in [-0.05, 0) is 12.1 Å². The maximum absolute atomic E-state index is 11.5. The van der Waals surface area contributed by atoms with E-state index in [1.165, 1.54) is 11.3 Å². The van der Waals surface area contributed by atoms with E-state index < -0.39 is 30.4 Å². The molecular formula is C10H12ClN3O4S. The van der Waals surface area contributed by atoms with Crippen LogP contribution in [0.3, 0.4) is 0 Å². The molecule has 0 bridgehead atoms. The molecule has 9 heteroatoms. The summed E-state index contributed by atoms with van der Waals surface area (Å²) in [5.74, 6) is -2.13. The first-order valence-electron chi connectivity index (χ1n) is 5.18. The molecule has 1 atom stereocenters. The topological polar surface area (TPSA) is 122 Å². The zero-order valence-electron chi connectivity index (χ0n) is 9.68. The number of carboxylic acids is 1. The standard InChI is InChI=1S/C10H12ClN3O4S/c11-7-2-1-5(19-7)4-13-10(18)14-6(9(16)17)3-8(12)15/h1-2,6H,3-4H2,(H2,12,15)(H,16,17)(H2,13,14,18)/t6-/m0/s1. The summed E-state index contributed by atoms with van der Waals surface area (Å²) in [5.41, 5.74) is 4.89. The zero-order valence-corrected chi connectivity index (χ0v) is 11.3. The first-order valence-corrected chi connectivity index (χ1v) is 6.37. The molecule has 0 aliphatic carbocycles. The number of nitrogens with one attached hydrogen (secondary N) is 2. The van der Waals surface area contributed by atoms with Crippen LogP contribution in [0.15, 0.2) is 12.1 Å². The number of hydrogen-bond acceptors (Lipinski definition) is 4. The Morgan fingerprint density at radius 2 is 2.11 bits per heavy atom. The van der Waals surface area contributed by atoms with Crippen LogP contribution in [-0.4, -0.2) is 29.1 Å². The second-order valence-corrected chi connectivity index (χ2v) is 5.39. The van der Waals surface area contributed by atoms with Gasteiger partial charge in [0, 0.05) is 4.88 Å². The molecule has 1 aromatic heterocycles. The minimum atomic E-state index is -1.34. The Morgan fingerprint density at radius 3 is 2.58 bits per heavy atom. The molecule has 0 spiro atoms. The van der Waals surface area contributed by atoms with Gasteiger partial charge >= 0.3 is 12.0 Å².